The van der Waals surface area contributed by atoms with Gasteiger partial charge in [-0.25, -0.2) is 4.68 Å². The third-order valence-electron chi connectivity index (χ3n) is 3.36. The second kappa shape index (κ2) is 6.53. The highest BCUT2D eigenvalue weighted by Crippen LogP contribution is 2.28. The Labute approximate surface area is 139 Å². The lowest BCUT2D eigenvalue weighted by atomic mass is 10.2. The smallest absolute Gasteiger partial charge is 0.273 e. The van der Waals surface area contributed by atoms with Gasteiger partial charge >= 0.3 is 0 Å². The molecule has 1 N–H and O–H groups in total. The number of aromatic hydroxyl groups is 1. The van der Waals surface area contributed by atoms with Crippen LogP contribution < -0.4 is 4.74 Å². The van der Waals surface area contributed by atoms with Crippen LogP contribution in [0.1, 0.15) is 23.9 Å². The van der Waals surface area contributed by atoms with Crippen molar-refractivity contribution in [3.05, 3.63) is 47.5 Å². The number of benzene rings is 1. The van der Waals surface area contributed by atoms with Gasteiger partial charge in [0, 0.05) is 11.3 Å². The zero-order valence-corrected chi connectivity index (χ0v) is 13.7. The number of aromatic nitrogens is 5. The molecule has 0 aliphatic heterocycles. The van der Waals surface area contributed by atoms with Crippen molar-refractivity contribution >= 4 is 6.21 Å². The van der Waals surface area contributed by atoms with Crippen molar-refractivity contribution in [3.63, 3.8) is 0 Å². The van der Waals surface area contributed by atoms with Crippen LogP contribution in [0.5, 0.6) is 11.5 Å². The Kier molecular flexibility index (Phi) is 4.28. The minimum absolute atomic E-state index is 0.0452. The van der Waals surface area contributed by atoms with E-state index in [-0.39, 0.29) is 5.75 Å². The molecule has 0 unspecified atom stereocenters. The first kappa shape index (κ1) is 15.7. The van der Waals surface area contributed by atoms with Gasteiger partial charge in [0.2, 0.25) is 0 Å². The first-order chi connectivity index (χ1) is 11.6. The molecule has 0 aliphatic carbocycles. The van der Waals surface area contributed by atoms with Crippen molar-refractivity contribution in [2.24, 2.45) is 5.10 Å². The number of para-hydroxylation sites is 1. The highest BCUT2D eigenvalue weighted by molar-refractivity contribution is 5.84. The molecule has 0 aliphatic rings. The van der Waals surface area contributed by atoms with E-state index in [9.17, 15) is 5.11 Å². The molecule has 0 saturated heterocycles. The number of phenols is 1. The zero-order valence-electron chi connectivity index (χ0n) is 13.7. The fourth-order valence-corrected chi connectivity index (χ4v) is 2.32. The maximum atomic E-state index is 10.2. The summed E-state index contributed by atoms with van der Waals surface area (Å²) in [5.74, 6) is 0.935. The second-order valence-corrected chi connectivity index (χ2v) is 5.19. The number of hydrogen-bond donors (Lipinski definition) is 1. The van der Waals surface area contributed by atoms with E-state index >= 15 is 0 Å². The fourth-order valence-electron chi connectivity index (χ4n) is 2.32. The lowest BCUT2D eigenvalue weighted by Crippen LogP contribution is -2.06. The van der Waals surface area contributed by atoms with E-state index in [1.165, 1.54) is 17.2 Å². The lowest BCUT2D eigenvalue weighted by molar-refractivity contribution is 0.318. The number of rotatable bonds is 5. The Bertz CT molecular complexity index is 881. The van der Waals surface area contributed by atoms with Gasteiger partial charge in [-0.15, -0.1) is 10.2 Å². The minimum Gasteiger partial charge on any atom is -0.504 e. The summed E-state index contributed by atoms with van der Waals surface area (Å²) in [6.07, 6.45) is 3.00. The number of aryl methyl sites for hydroxylation is 2. The summed E-state index contributed by atoms with van der Waals surface area (Å²) in [7, 11) is 0. The third-order valence-corrected chi connectivity index (χ3v) is 3.36. The van der Waals surface area contributed by atoms with Crippen LogP contribution in [0.3, 0.4) is 0 Å². The molecule has 0 fully saturated rings. The molecular weight excluding hydrogens is 308 g/mol. The molecule has 3 rings (SSSR count). The molecule has 24 heavy (non-hydrogen) atoms. The monoisotopic (exact) mass is 326 g/mol. The molecular formula is C16H18N6O2. The number of hydrogen-bond acceptors (Lipinski definition) is 6. The van der Waals surface area contributed by atoms with E-state index in [1.807, 2.05) is 26.8 Å². The molecule has 3 aromatic rings. The van der Waals surface area contributed by atoms with Crippen LogP contribution in [0, 0.1) is 13.8 Å². The Morgan fingerprint density at radius 3 is 2.88 bits per heavy atom. The molecule has 2 heterocycles. The summed E-state index contributed by atoms with van der Waals surface area (Å²) in [6.45, 7) is 6.17. The molecule has 124 valence electrons. The van der Waals surface area contributed by atoms with E-state index < -0.39 is 0 Å². The first-order valence-corrected chi connectivity index (χ1v) is 7.53. The van der Waals surface area contributed by atoms with Gasteiger partial charge in [0.15, 0.2) is 11.5 Å². The average Bonchev–Trinajstić information content (AvgIpc) is 3.14. The number of ether oxygens (including phenoxy) is 1. The molecule has 8 heteroatoms. The van der Waals surface area contributed by atoms with Crippen LogP contribution in [0.2, 0.25) is 0 Å². The maximum Gasteiger partial charge on any atom is 0.273 e. The Morgan fingerprint density at radius 1 is 1.33 bits per heavy atom. The quantitative estimate of drug-likeness (QED) is 0.725. The lowest BCUT2D eigenvalue weighted by Gasteiger charge is -2.07. The third kappa shape index (κ3) is 2.98. The van der Waals surface area contributed by atoms with Crippen molar-refractivity contribution in [3.8, 4) is 17.4 Å². The van der Waals surface area contributed by atoms with Gasteiger partial charge in [-0.3, -0.25) is 0 Å². The van der Waals surface area contributed by atoms with Crippen molar-refractivity contribution in [2.45, 2.75) is 20.8 Å². The van der Waals surface area contributed by atoms with Crippen molar-refractivity contribution in [1.29, 1.82) is 0 Å². The molecule has 0 bridgehead atoms. The first-order valence-electron chi connectivity index (χ1n) is 7.53. The van der Waals surface area contributed by atoms with Crippen LogP contribution in [0.15, 0.2) is 35.7 Å². The highest BCUT2D eigenvalue weighted by Gasteiger charge is 2.11. The van der Waals surface area contributed by atoms with Gasteiger partial charge < -0.3 is 9.84 Å². The van der Waals surface area contributed by atoms with Gasteiger partial charge in [0.25, 0.3) is 5.95 Å². The molecule has 2 aromatic heterocycles. The highest BCUT2D eigenvalue weighted by atomic mass is 16.5. The Balaban J connectivity index is 1.93. The molecule has 0 amide bonds. The normalized spacial score (nSPS) is 11.3. The largest absolute Gasteiger partial charge is 0.504 e. The van der Waals surface area contributed by atoms with Crippen LogP contribution in [-0.4, -0.2) is 42.6 Å². The van der Waals surface area contributed by atoms with E-state index in [2.05, 4.69) is 20.4 Å². The standard InChI is InChI=1S/C16H18N6O2/c1-4-24-14-7-5-6-13(15(14)23)9-18-21-10-17-19-16(21)22-12(3)8-11(2)20-22/h5-10,23H,4H2,1-3H3/b18-9+. The molecule has 0 saturated carbocycles. The average molecular weight is 326 g/mol. The summed E-state index contributed by atoms with van der Waals surface area (Å²) in [6, 6.07) is 7.19. The summed E-state index contributed by atoms with van der Waals surface area (Å²) in [4.78, 5) is 0. The molecule has 0 spiro atoms. The molecule has 0 atom stereocenters. The zero-order chi connectivity index (χ0) is 17.1. The summed E-state index contributed by atoms with van der Waals surface area (Å²) < 4.78 is 8.52. The number of phenolic OH excluding ortho intramolecular Hbond substituents is 1. The van der Waals surface area contributed by atoms with Crippen LogP contribution >= 0.6 is 0 Å². The van der Waals surface area contributed by atoms with Gasteiger partial charge in [0.1, 0.15) is 6.33 Å². The van der Waals surface area contributed by atoms with Crippen LogP contribution in [0.4, 0.5) is 0 Å². The van der Waals surface area contributed by atoms with Gasteiger partial charge in [-0.1, -0.05) is 6.07 Å². The van der Waals surface area contributed by atoms with Crippen molar-refractivity contribution in [2.75, 3.05) is 6.61 Å². The summed E-state index contributed by atoms with van der Waals surface area (Å²) in [5, 5.41) is 26.8. The predicted molar refractivity (Wildman–Crippen MR) is 88.9 cm³/mol. The van der Waals surface area contributed by atoms with E-state index in [4.69, 9.17) is 4.74 Å². The Hall–Kier alpha value is -3.16. The maximum absolute atomic E-state index is 10.2. The van der Waals surface area contributed by atoms with Gasteiger partial charge in [-0.05, 0) is 39.0 Å². The van der Waals surface area contributed by atoms with Crippen molar-refractivity contribution < 1.29 is 9.84 Å². The van der Waals surface area contributed by atoms with E-state index in [0.717, 1.165) is 11.4 Å². The Morgan fingerprint density at radius 2 is 2.17 bits per heavy atom. The topological polar surface area (TPSA) is 90.4 Å². The predicted octanol–water partition coefficient (Wildman–Crippen LogP) is 2.07. The van der Waals surface area contributed by atoms with Gasteiger partial charge in [-0.2, -0.15) is 14.9 Å². The molecule has 1 aromatic carbocycles. The van der Waals surface area contributed by atoms with Crippen molar-refractivity contribution in [1.82, 2.24) is 24.7 Å². The summed E-state index contributed by atoms with van der Waals surface area (Å²) >= 11 is 0. The SMILES string of the molecule is CCOc1cccc(/C=N/n2cnnc2-n2nc(C)cc2C)c1O. The molecule has 8 nitrogen and oxygen atoms in total. The minimum atomic E-state index is 0.0452. The fraction of sp³-hybridized carbons (Fsp3) is 0.250. The van der Waals surface area contributed by atoms with E-state index in [0.29, 0.717) is 23.9 Å². The van der Waals surface area contributed by atoms with Crippen LogP contribution in [0.25, 0.3) is 5.95 Å². The van der Waals surface area contributed by atoms with Crippen LogP contribution in [-0.2, 0) is 0 Å². The van der Waals surface area contributed by atoms with Gasteiger partial charge in [0.05, 0.1) is 18.5 Å². The van der Waals surface area contributed by atoms with E-state index in [1.54, 1.807) is 22.9 Å². The summed E-state index contributed by atoms with van der Waals surface area (Å²) in [5.41, 5.74) is 2.35. The second-order valence-electron chi connectivity index (χ2n) is 5.19. The number of nitrogens with zero attached hydrogens (tertiary/aromatic N) is 6. The molecule has 0 radical (unpaired) electrons.